The molecule has 0 amide bonds. The van der Waals surface area contributed by atoms with Crippen LogP contribution in [-0.4, -0.2) is 18.4 Å². The Morgan fingerprint density at radius 3 is 3.12 bits per heavy atom. The number of rotatable bonds is 2. The van der Waals surface area contributed by atoms with Gasteiger partial charge in [0, 0.05) is 34.8 Å². The van der Waals surface area contributed by atoms with Gasteiger partial charge in [-0.1, -0.05) is 0 Å². The SMILES string of the molecule is COC1CCCc2[nH]c3ccc(C=O)cc3c21. The van der Waals surface area contributed by atoms with Gasteiger partial charge in [0.15, 0.2) is 0 Å². The molecule has 0 saturated heterocycles. The molecule has 1 unspecified atom stereocenters. The summed E-state index contributed by atoms with van der Waals surface area (Å²) in [5, 5.41) is 1.14. The zero-order valence-electron chi connectivity index (χ0n) is 9.82. The van der Waals surface area contributed by atoms with E-state index in [0.717, 1.165) is 42.0 Å². The van der Waals surface area contributed by atoms with E-state index in [1.807, 2.05) is 18.2 Å². The predicted molar refractivity (Wildman–Crippen MR) is 66.4 cm³/mol. The van der Waals surface area contributed by atoms with Crippen LogP contribution in [0, 0.1) is 0 Å². The van der Waals surface area contributed by atoms with Gasteiger partial charge in [-0.15, -0.1) is 0 Å². The van der Waals surface area contributed by atoms with Crippen LogP contribution in [-0.2, 0) is 11.2 Å². The highest BCUT2D eigenvalue weighted by Gasteiger charge is 2.24. The second-order valence-electron chi connectivity index (χ2n) is 4.56. The fourth-order valence-corrected chi connectivity index (χ4v) is 2.77. The van der Waals surface area contributed by atoms with E-state index in [0.29, 0.717) is 0 Å². The van der Waals surface area contributed by atoms with E-state index in [1.165, 1.54) is 11.3 Å². The zero-order valence-corrected chi connectivity index (χ0v) is 9.82. The van der Waals surface area contributed by atoms with E-state index >= 15 is 0 Å². The predicted octanol–water partition coefficient (Wildman–Crippen LogP) is 3.00. The summed E-state index contributed by atoms with van der Waals surface area (Å²) < 4.78 is 5.55. The van der Waals surface area contributed by atoms with Crippen molar-refractivity contribution in [1.29, 1.82) is 0 Å². The maximum atomic E-state index is 10.8. The lowest BCUT2D eigenvalue weighted by Gasteiger charge is -2.21. The number of aromatic amines is 1. The molecule has 0 fully saturated rings. The average Bonchev–Trinajstić information content (AvgIpc) is 2.75. The van der Waals surface area contributed by atoms with Crippen molar-refractivity contribution < 1.29 is 9.53 Å². The van der Waals surface area contributed by atoms with Crippen molar-refractivity contribution in [3.8, 4) is 0 Å². The quantitative estimate of drug-likeness (QED) is 0.804. The van der Waals surface area contributed by atoms with Crippen molar-refractivity contribution >= 4 is 17.2 Å². The summed E-state index contributed by atoms with van der Waals surface area (Å²) in [6.07, 6.45) is 4.33. The van der Waals surface area contributed by atoms with E-state index in [1.54, 1.807) is 7.11 Å². The number of ether oxygens (including phenoxy) is 1. The molecule has 1 heterocycles. The zero-order chi connectivity index (χ0) is 11.8. The Morgan fingerprint density at radius 1 is 1.47 bits per heavy atom. The number of carbonyl (C=O) groups excluding carboxylic acids is 1. The van der Waals surface area contributed by atoms with Crippen LogP contribution in [0.1, 0.15) is 40.6 Å². The van der Waals surface area contributed by atoms with Crippen LogP contribution < -0.4 is 0 Å². The number of H-pyrrole nitrogens is 1. The van der Waals surface area contributed by atoms with E-state index < -0.39 is 0 Å². The number of aldehydes is 1. The number of hydrogen-bond donors (Lipinski definition) is 1. The topological polar surface area (TPSA) is 42.1 Å². The van der Waals surface area contributed by atoms with E-state index in [-0.39, 0.29) is 6.10 Å². The van der Waals surface area contributed by atoms with Gasteiger partial charge in [0.2, 0.25) is 0 Å². The minimum Gasteiger partial charge on any atom is -0.377 e. The smallest absolute Gasteiger partial charge is 0.150 e. The van der Waals surface area contributed by atoms with Crippen LogP contribution >= 0.6 is 0 Å². The molecule has 1 aromatic heterocycles. The first-order valence-electron chi connectivity index (χ1n) is 5.96. The highest BCUT2D eigenvalue weighted by Crippen LogP contribution is 2.37. The van der Waals surface area contributed by atoms with Crippen molar-refractivity contribution in [2.75, 3.05) is 7.11 Å². The molecule has 2 aromatic rings. The summed E-state index contributed by atoms with van der Waals surface area (Å²) in [5.74, 6) is 0. The molecule has 0 radical (unpaired) electrons. The molecule has 3 heteroatoms. The molecule has 1 aliphatic carbocycles. The maximum Gasteiger partial charge on any atom is 0.150 e. The highest BCUT2D eigenvalue weighted by atomic mass is 16.5. The Labute approximate surface area is 99.8 Å². The van der Waals surface area contributed by atoms with E-state index in [9.17, 15) is 4.79 Å². The molecule has 0 aliphatic heterocycles. The third kappa shape index (κ3) is 1.58. The van der Waals surface area contributed by atoms with Crippen molar-refractivity contribution in [3.05, 3.63) is 35.0 Å². The van der Waals surface area contributed by atoms with Gasteiger partial charge in [-0.2, -0.15) is 0 Å². The molecule has 1 atom stereocenters. The fourth-order valence-electron chi connectivity index (χ4n) is 2.77. The van der Waals surface area contributed by atoms with Gasteiger partial charge >= 0.3 is 0 Å². The van der Waals surface area contributed by atoms with E-state index in [4.69, 9.17) is 4.74 Å². The highest BCUT2D eigenvalue weighted by molar-refractivity contribution is 5.90. The summed E-state index contributed by atoms with van der Waals surface area (Å²) in [5.41, 5.74) is 4.34. The number of carbonyl (C=O) groups is 1. The van der Waals surface area contributed by atoms with Crippen LogP contribution in [0.4, 0.5) is 0 Å². The lowest BCUT2D eigenvalue weighted by molar-refractivity contribution is 0.0891. The molecular formula is C14H15NO2. The van der Waals surface area contributed by atoms with Gasteiger partial charge in [0.1, 0.15) is 6.29 Å². The van der Waals surface area contributed by atoms with Gasteiger partial charge in [0.25, 0.3) is 0 Å². The fraction of sp³-hybridized carbons (Fsp3) is 0.357. The van der Waals surface area contributed by atoms with Crippen molar-refractivity contribution in [3.63, 3.8) is 0 Å². The van der Waals surface area contributed by atoms with Gasteiger partial charge in [0.05, 0.1) is 6.10 Å². The third-order valence-corrected chi connectivity index (χ3v) is 3.58. The number of aryl methyl sites for hydroxylation is 1. The Hall–Kier alpha value is -1.61. The molecule has 1 N–H and O–H groups in total. The number of hydrogen-bond acceptors (Lipinski definition) is 2. The lowest BCUT2D eigenvalue weighted by Crippen LogP contribution is -2.10. The molecule has 0 saturated carbocycles. The number of aromatic nitrogens is 1. The molecular weight excluding hydrogens is 214 g/mol. The lowest BCUT2D eigenvalue weighted by atomic mass is 9.92. The van der Waals surface area contributed by atoms with Crippen molar-refractivity contribution in [1.82, 2.24) is 4.98 Å². The molecule has 0 bridgehead atoms. The Kier molecular flexibility index (Phi) is 2.48. The molecule has 1 aliphatic rings. The number of methoxy groups -OCH3 is 1. The standard InChI is InChI=1S/C14H15NO2/c1-17-13-4-2-3-12-14(13)10-7-9(8-16)5-6-11(10)15-12/h5-8,13,15H,2-4H2,1H3. The Balaban J connectivity index is 2.26. The van der Waals surface area contributed by atoms with Crippen molar-refractivity contribution in [2.24, 2.45) is 0 Å². The van der Waals surface area contributed by atoms with Gasteiger partial charge in [-0.3, -0.25) is 4.79 Å². The number of benzene rings is 1. The number of nitrogens with one attached hydrogen (secondary N) is 1. The van der Waals surface area contributed by atoms with E-state index in [2.05, 4.69) is 4.98 Å². The van der Waals surface area contributed by atoms with Crippen LogP contribution in [0.2, 0.25) is 0 Å². The summed E-state index contributed by atoms with van der Waals surface area (Å²) in [6, 6.07) is 5.78. The third-order valence-electron chi connectivity index (χ3n) is 3.58. The van der Waals surface area contributed by atoms with Crippen LogP contribution in [0.3, 0.4) is 0 Å². The number of fused-ring (bicyclic) bond motifs is 3. The van der Waals surface area contributed by atoms with Crippen LogP contribution in [0.15, 0.2) is 18.2 Å². The molecule has 17 heavy (non-hydrogen) atoms. The largest absolute Gasteiger partial charge is 0.377 e. The summed E-state index contributed by atoms with van der Waals surface area (Å²) in [4.78, 5) is 14.3. The molecule has 3 nitrogen and oxygen atoms in total. The second-order valence-corrected chi connectivity index (χ2v) is 4.56. The van der Waals surface area contributed by atoms with Crippen molar-refractivity contribution in [2.45, 2.75) is 25.4 Å². The molecule has 1 aromatic carbocycles. The van der Waals surface area contributed by atoms with Gasteiger partial charge in [-0.05, 0) is 37.5 Å². The Morgan fingerprint density at radius 2 is 2.35 bits per heavy atom. The molecule has 0 spiro atoms. The monoisotopic (exact) mass is 229 g/mol. The molecule has 88 valence electrons. The van der Waals surface area contributed by atoms with Crippen LogP contribution in [0.5, 0.6) is 0 Å². The van der Waals surface area contributed by atoms with Gasteiger partial charge in [-0.25, -0.2) is 0 Å². The second kappa shape index (κ2) is 4.00. The normalized spacial score (nSPS) is 19.2. The average molecular weight is 229 g/mol. The van der Waals surface area contributed by atoms with Gasteiger partial charge < -0.3 is 9.72 Å². The summed E-state index contributed by atoms with van der Waals surface area (Å²) in [7, 11) is 1.75. The molecule has 3 rings (SSSR count). The first-order chi connectivity index (χ1) is 8.33. The maximum absolute atomic E-state index is 10.8. The van der Waals surface area contributed by atoms with Crippen LogP contribution in [0.25, 0.3) is 10.9 Å². The Bertz CT molecular complexity index is 571. The first kappa shape index (κ1) is 10.5. The summed E-state index contributed by atoms with van der Waals surface area (Å²) >= 11 is 0. The summed E-state index contributed by atoms with van der Waals surface area (Å²) in [6.45, 7) is 0. The first-order valence-corrected chi connectivity index (χ1v) is 5.96. The minimum absolute atomic E-state index is 0.161. The minimum atomic E-state index is 0.161.